The van der Waals surface area contributed by atoms with E-state index in [1.807, 2.05) is 23.7 Å². The van der Waals surface area contributed by atoms with Gasteiger partial charge in [-0.25, -0.2) is 4.98 Å². The van der Waals surface area contributed by atoms with Crippen LogP contribution < -0.4 is 0 Å². The van der Waals surface area contributed by atoms with Gasteiger partial charge in [-0.05, 0) is 23.6 Å². The van der Waals surface area contributed by atoms with Crippen LogP contribution in [0.4, 0.5) is 0 Å². The van der Waals surface area contributed by atoms with Crippen LogP contribution in [0.1, 0.15) is 31.0 Å². The smallest absolute Gasteiger partial charge is 0.307 e. The number of carboxylic acid groups (broad SMARTS) is 1. The van der Waals surface area contributed by atoms with Gasteiger partial charge in [0.15, 0.2) is 0 Å². The lowest BCUT2D eigenvalue weighted by atomic mass is 10.0. The van der Waals surface area contributed by atoms with Crippen LogP contribution in [-0.2, 0) is 18.3 Å². The van der Waals surface area contributed by atoms with E-state index in [9.17, 15) is 4.79 Å². The van der Waals surface area contributed by atoms with Crippen molar-refractivity contribution in [2.75, 3.05) is 0 Å². The highest BCUT2D eigenvalue weighted by Gasteiger charge is 2.19. The van der Waals surface area contributed by atoms with Crippen molar-refractivity contribution < 1.29 is 9.90 Å². The zero-order valence-electron chi connectivity index (χ0n) is 10.3. The van der Waals surface area contributed by atoms with Crippen LogP contribution >= 0.6 is 0 Å². The second-order valence-corrected chi connectivity index (χ2v) is 4.52. The van der Waals surface area contributed by atoms with E-state index in [2.05, 4.69) is 18.8 Å². The summed E-state index contributed by atoms with van der Waals surface area (Å²) in [6, 6.07) is 3.78. The standard InChI is InChI=1S/C13H16N2O2/c1-8(2)12-10(7-11(16)17)9-5-4-6-14-13(9)15(12)3/h4-6,8H,7H2,1-3H3,(H,16,17). The third-order valence-electron chi connectivity index (χ3n) is 2.97. The Morgan fingerprint density at radius 2 is 2.24 bits per heavy atom. The first-order valence-corrected chi connectivity index (χ1v) is 5.66. The van der Waals surface area contributed by atoms with Gasteiger partial charge in [0.25, 0.3) is 0 Å². The van der Waals surface area contributed by atoms with Crippen LogP contribution in [0.3, 0.4) is 0 Å². The third kappa shape index (κ3) is 1.90. The summed E-state index contributed by atoms with van der Waals surface area (Å²) in [6.07, 6.45) is 1.79. The van der Waals surface area contributed by atoms with E-state index in [0.29, 0.717) is 0 Å². The molecule has 0 unspecified atom stereocenters. The summed E-state index contributed by atoms with van der Waals surface area (Å²) in [5.41, 5.74) is 2.80. The minimum Gasteiger partial charge on any atom is -0.481 e. The van der Waals surface area contributed by atoms with E-state index in [-0.39, 0.29) is 12.3 Å². The molecular weight excluding hydrogens is 216 g/mol. The van der Waals surface area contributed by atoms with Crippen molar-refractivity contribution in [1.82, 2.24) is 9.55 Å². The van der Waals surface area contributed by atoms with Gasteiger partial charge in [0.05, 0.1) is 6.42 Å². The van der Waals surface area contributed by atoms with Gasteiger partial charge in [0.1, 0.15) is 5.65 Å². The second-order valence-electron chi connectivity index (χ2n) is 4.52. The number of fused-ring (bicyclic) bond motifs is 1. The number of carbonyl (C=O) groups is 1. The highest BCUT2D eigenvalue weighted by Crippen LogP contribution is 2.29. The Hall–Kier alpha value is -1.84. The first-order valence-electron chi connectivity index (χ1n) is 5.66. The fourth-order valence-electron chi connectivity index (χ4n) is 2.43. The minimum atomic E-state index is -0.803. The molecule has 90 valence electrons. The molecule has 2 aromatic heterocycles. The highest BCUT2D eigenvalue weighted by molar-refractivity contribution is 5.86. The summed E-state index contributed by atoms with van der Waals surface area (Å²) in [5, 5.41) is 9.96. The van der Waals surface area contributed by atoms with Crippen molar-refractivity contribution in [3.63, 3.8) is 0 Å². The van der Waals surface area contributed by atoms with Crippen LogP contribution in [0.15, 0.2) is 18.3 Å². The quantitative estimate of drug-likeness (QED) is 0.883. The van der Waals surface area contributed by atoms with E-state index >= 15 is 0 Å². The van der Waals surface area contributed by atoms with Crippen LogP contribution in [0, 0.1) is 0 Å². The summed E-state index contributed by atoms with van der Waals surface area (Å²) in [7, 11) is 1.94. The first kappa shape index (κ1) is 11.6. The van der Waals surface area contributed by atoms with Crippen molar-refractivity contribution in [2.24, 2.45) is 7.05 Å². The molecule has 0 aliphatic carbocycles. The van der Waals surface area contributed by atoms with Crippen molar-refractivity contribution in [2.45, 2.75) is 26.2 Å². The molecule has 0 saturated carbocycles. The molecule has 1 N–H and O–H groups in total. The lowest BCUT2D eigenvalue weighted by Gasteiger charge is -2.09. The van der Waals surface area contributed by atoms with Crippen LogP contribution in [0.25, 0.3) is 11.0 Å². The van der Waals surface area contributed by atoms with Crippen LogP contribution in [0.5, 0.6) is 0 Å². The Balaban J connectivity index is 2.76. The Morgan fingerprint density at radius 3 is 2.82 bits per heavy atom. The molecule has 4 nitrogen and oxygen atoms in total. The average Bonchev–Trinajstić information content (AvgIpc) is 2.52. The number of aliphatic carboxylic acids is 1. The molecule has 2 aromatic rings. The molecule has 0 radical (unpaired) electrons. The molecule has 0 saturated heterocycles. The molecule has 0 aromatic carbocycles. The lowest BCUT2D eigenvalue weighted by Crippen LogP contribution is -2.06. The van der Waals surface area contributed by atoms with E-state index < -0.39 is 5.97 Å². The molecule has 2 rings (SSSR count). The number of hydrogen-bond donors (Lipinski definition) is 1. The number of aromatic nitrogens is 2. The van der Waals surface area contributed by atoms with Crippen molar-refractivity contribution in [1.29, 1.82) is 0 Å². The molecule has 0 aliphatic heterocycles. The van der Waals surface area contributed by atoms with Gasteiger partial charge in [-0.1, -0.05) is 13.8 Å². The van der Waals surface area contributed by atoms with E-state index in [0.717, 1.165) is 22.3 Å². The molecule has 0 bridgehead atoms. The Bertz CT molecular complexity index is 570. The number of hydrogen-bond acceptors (Lipinski definition) is 2. The summed E-state index contributed by atoms with van der Waals surface area (Å²) < 4.78 is 2.00. The predicted molar refractivity (Wildman–Crippen MR) is 66.1 cm³/mol. The van der Waals surface area contributed by atoms with Crippen molar-refractivity contribution in [3.8, 4) is 0 Å². The van der Waals surface area contributed by atoms with Crippen LogP contribution in [0.2, 0.25) is 0 Å². The Morgan fingerprint density at radius 1 is 1.53 bits per heavy atom. The molecule has 0 fully saturated rings. The Kier molecular flexibility index (Phi) is 2.88. The maximum absolute atomic E-state index is 11.0. The summed E-state index contributed by atoms with van der Waals surface area (Å²) in [4.78, 5) is 15.3. The van der Waals surface area contributed by atoms with E-state index in [4.69, 9.17) is 5.11 Å². The number of carboxylic acids is 1. The SMILES string of the molecule is CC(C)c1c(CC(=O)O)c2cccnc2n1C. The number of nitrogens with zero attached hydrogens (tertiary/aromatic N) is 2. The zero-order chi connectivity index (χ0) is 12.6. The summed E-state index contributed by atoms with van der Waals surface area (Å²) in [5.74, 6) is -0.521. The number of pyridine rings is 1. The highest BCUT2D eigenvalue weighted by atomic mass is 16.4. The molecule has 0 atom stereocenters. The van der Waals surface area contributed by atoms with Crippen LogP contribution in [-0.4, -0.2) is 20.6 Å². The molecule has 4 heteroatoms. The maximum atomic E-state index is 11.0. The Labute approximate surface area is 99.9 Å². The summed E-state index contributed by atoms with van der Waals surface area (Å²) in [6.45, 7) is 4.14. The minimum absolute atomic E-state index is 0.0521. The van der Waals surface area contributed by atoms with Crippen molar-refractivity contribution >= 4 is 17.0 Å². The van der Waals surface area contributed by atoms with Gasteiger partial charge in [-0.3, -0.25) is 4.79 Å². The lowest BCUT2D eigenvalue weighted by molar-refractivity contribution is -0.136. The van der Waals surface area contributed by atoms with Gasteiger partial charge in [0.2, 0.25) is 0 Å². The molecule has 0 spiro atoms. The normalized spacial score (nSPS) is 11.3. The third-order valence-corrected chi connectivity index (χ3v) is 2.97. The molecule has 2 heterocycles. The molecule has 17 heavy (non-hydrogen) atoms. The fraction of sp³-hybridized carbons (Fsp3) is 0.385. The number of rotatable bonds is 3. The van der Waals surface area contributed by atoms with E-state index in [1.165, 1.54) is 0 Å². The van der Waals surface area contributed by atoms with Gasteiger partial charge in [-0.2, -0.15) is 0 Å². The van der Waals surface area contributed by atoms with Gasteiger partial charge < -0.3 is 9.67 Å². The monoisotopic (exact) mass is 232 g/mol. The maximum Gasteiger partial charge on any atom is 0.307 e. The first-order chi connectivity index (χ1) is 8.02. The molecule has 0 amide bonds. The average molecular weight is 232 g/mol. The number of aryl methyl sites for hydroxylation is 1. The predicted octanol–water partition coefficient (Wildman–Crippen LogP) is 2.32. The van der Waals surface area contributed by atoms with Gasteiger partial charge in [0, 0.05) is 24.3 Å². The van der Waals surface area contributed by atoms with Crippen molar-refractivity contribution in [3.05, 3.63) is 29.6 Å². The fourth-order valence-corrected chi connectivity index (χ4v) is 2.43. The summed E-state index contributed by atoms with van der Waals surface area (Å²) >= 11 is 0. The molecular formula is C13H16N2O2. The second kappa shape index (κ2) is 4.20. The topological polar surface area (TPSA) is 55.1 Å². The molecule has 0 aliphatic rings. The largest absolute Gasteiger partial charge is 0.481 e. The van der Waals surface area contributed by atoms with Gasteiger partial charge in [-0.15, -0.1) is 0 Å². The van der Waals surface area contributed by atoms with Gasteiger partial charge >= 0.3 is 5.97 Å². The van der Waals surface area contributed by atoms with E-state index in [1.54, 1.807) is 6.20 Å². The zero-order valence-corrected chi connectivity index (χ0v) is 10.3.